The molecule has 7 radical (unpaired) electrons. The maximum absolute atomic E-state index is 15.6. The smallest absolute Gasteiger partial charge is 0.130 e. The number of thiophene rings is 2. The minimum absolute atomic E-state index is 0.00432. The van der Waals surface area contributed by atoms with E-state index < -0.39 is 11.6 Å². The molecule has 0 N–H and O–H groups in total. The minimum atomic E-state index is -0.452. The van der Waals surface area contributed by atoms with E-state index in [0.29, 0.717) is 50.0 Å². The van der Waals surface area contributed by atoms with Gasteiger partial charge in [-0.1, -0.05) is 12.4 Å². The van der Waals surface area contributed by atoms with Gasteiger partial charge < -0.3 is 0 Å². The highest BCUT2D eigenvalue weighted by Crippen LogP contribution is 2.27. The number of benzene rings is 2. The number of nitrogens with zero attached hydrogens (tertiary/aromatic N) is 4. The second-order valence-electron chi connectivity index (χ2n) is 8.52. The van der Waals surface area contributed by atoms with E-state index in [4.69, 9.17) is 15.5 Å². The molecule has 4 aromatic rings. The van der Waals surface area contributed by atoms with Crippen molar-refractivity contribution in [3.8, 4) is 20.9 Å². The highest BCUT2D eigenvalue weighted by atomic mass is 32.1. The lowest BCUT2D eigenvalue weighted by Crippen LogP contribution is -2.34. The molecular formula is C24H14B5F2N4S2. The molecule has 0 saturated heterocycles. The van der Waals surface area contributed by atoms with Gasteiger partial charge in [-0.05, 0) is 40.0 Å². The monoisotopic (exact) mass is 515 g/mol. The predicted molar refractivity (Wildman–Crippen MR) is 149 cm³/mol. The fourth-order valence-electron chi connectivity index (χ4n) is 4.67. The van der Waals surface area contributed by atoms with Crippen LogP contribution in [0.2, 0.25) is 0 Å². The average Bonchev–Trinajstić information content (AvgIpc) is 3.69. The van der Waals surface area contributed by atoms with Crippen molar-refractivity contribution in [3.63, 3.8) is 0 Å². The summed E-state index contributed by atoms with van der Waals surface area (Å²) < 4.78 is 32.2. The van der Waals surface area contributed by atoms with E-state index in [9.17, 15) is 0 Å². The predicted octanol–water partition coefficient (Wildman–Crippen LogP) is 0.753. The first-order chi connectivity index (χ1) is 18.1. The molecule has 171 valence electrons. The van der Waals surface area contributed by atoms with Crippen LogP contribution < -0.4 is 26.2 Å². The van der Waals surface area contributed by atoms with Crippen LogP contribution in [-0.4, -0.2) is 50.2 Å². The van der Waals surface area contributed by atoms with E-state index in [1.165, 1.54) is 30.5 Å². The summed E-state index contributed by atoms with van der Waals surface area (Å²) in [6.45, 7) is 0.421. The fourth-order valence-corrected chi connectivity index (χ4v) is 6.60. The maximum Gasteiger partial charge on any atom is 0.130 e. The molecule has 0 fully saturated rings. The zero-order chi connectivity index (χ0) is 25.5. The number of fused-ring (bicyclic) bond motifs is 2. The molecule has 13 heteroatoms. The molecule has 37 heavy (non-hydrogen) atoms. The zero-order valence-electron chi connectivity index (χ0n) is 19.5. The molecule has 2 aromatic heterocycles. The molecule has 0 aliphatic carbocycles. The van der Waals surface area contributed by atoms with Gasteiger partial charge in [-0.25, -0.2) is 8.78 Å². The minimum Gasteiger partial charge on any atom is -0.259 e. The lowest BCUT2D eigenvalue weighted by molar-refractivity contribution is 0.594. The Bertz CT molecular complexity index is 1660. The maximum atomic E-state index is 15.6. The Morgan fingerprint density at radius 2 is 1.32 bits per heavy atom. The normalized spacial score (nSPS) is 13.1. The number of hydrogen-bond acceptors (Lipinski definition) is 6. The van der Waals surface area contributed by atoms with Gasteiger partial charge >= 0.3 is 0 Å². The Balaban J connectivity index is 1.43. The summed E-state index contributed by atoms with van der Waals surface area (Å²) in [6.07, 6.45) is 0.644. The molecule has 2 aromatic carbocycles. The number of halogens is 2. The van der Waals surface area contributed by atoms with Gasteiger partial charge in [0.05, 0.1) is 28.6 Å². The van der Waals surface area contributed by atoms with Crippen molar-refractivity contribution in [1.29, 1.82) is 0 Å². The van der Waals surface area contributed by atoms with Crippen molar-refractivity contribution in [2.75, 3.05) is 13.3 Å². The zero-order valence-corrected chi connectivity index (χ0v) is 21.2. The molecule has 0 atom stereocenters. The SMILES string of the molecule is [B][B][B]c1ccc(-c2cc(F)c(Cc3c(F)cc(-c4ccc(C[B][B])s4)c4c3=NCN=4)c3c2=NCN=3)s1. The largest absolute Gasteiger partial charge is 0.259 e. The van der Waals surface area contributed by atoms with Crippen LogP contribution in [0, 0.1) is 11.6 Å². The highest BCUT2D eigenvalue weighted by molar-refractivity contribution is 7.37. The van der Waals surface area contributed by atoms with Gasteiger partial charge in [0.1, 0.15) is 32.1 Å². The van der Waals surface area contributed by atoms with Crippen LogP contribution in [0.25, 0.3) is 20.9 Å². The second-order valence-corrected chi connectivity index (χ2v) is 10.8. The first-order valence-electron chi connectivity index (χ1n) is 11.6. The summed E-state index contributed by atoms with van der Waals surface area (Å²) in [5.74, 6) is -0.898. The topological polar surface area (TPSA) is 49.4 Å². The van der Waals surface area contributed by atoms with Crippen molar-refractivity contribution in [1.82, 2.24) is 0 Å². The second kappa shape index (κ2) is 10.2. The molecule has 2 aliphatic heterocycles. The summed E-state index contributed by atoms with van der Waals surface area (Å²) in [5, 5.41) is 2.20. The summed E-state index contributed by atoms with van der Waals surface area (Å²) in [5.41, 5.74) is 1.98. The van der Waals surface area contributed by atoms with Crippen molar-refractivity contribution in [2.24, 2.45) is 20.0 Å². The van der Waals surface area contributed by atoms with Crippen LogP contribution in [0.15, 0.2) is 56.4 Å². The van der Waals surface area contributed by atoms with Crippen LogP contribution >= 0.6 is 22.7 Å². The lowest BCUT2D eigenvalue weighted by Gasteiger charge is -2.09. The van der Waals surface area contributed by atoms with E-state index in [1.54, 1.807) is 25.7 Å². The highest BCUT2D eigenvalue weighted by Gasteiger charge is 2.22. The molecule has 2 aliphatic rings. The molecule has 0 bridgehead atoms. The van der Waals surface area contributed by atoms with Crippen LogP contribution in [0.4, 0.5) is 8.78 Å². The first kappa shape index (κ1) is 24.6. The number of hydrogen-bond donors (Lipinski definition) is 0. The Labute approximate surface area is 224 Å². The van der Waals surface area contributed by atoms with Crippen LogP contribution in [0.1, 0.15) is 16.0 Å². The molecule has 6 rings (SSSR count). The Morgan fingerprint density at radius 1 is 0.757 bits per heavy atom. The van der Waals surface area contributed by atoms with E-state index in [0.717, 1.165) is 19.4 Å². The van der Waals surface area contributed by atoms with Crippen molar-refractivity contribution in [3.05, 3.63) is 85.5 Å². The molecular weight excluding hydrogens is 500 g/mol. The fraction of sp³-hybridized carbons (Fsp3) is 0.167. The summed E-state index contributed by atoms with van der Waals surface area (Å²) in [4.78, 5) is 20.8. The molecule has 0 spiro atoms. The Kier molecular flexibility index (Phi) is 6.75. The third kappa shape index (κ3) is 4.46. The van der Waals surface area contributed by atoms with E-state index in [-0.39, 0.29) is 19.8 Å². The van der Waals surface area contributed by atoms with Crippen LogP contribution in [0.5, 0.6) is 0 Å². The Morgan fingerprint density at radius 3 is 1.92 bits per heavy atom. The average molecular weight is 515 g/mol. The van der Waals surface area contributed by atoms with Crippen molar-refractivity contribution < 1.29 is 8.78 Å². The van der Waals surface area contributed by atoms with Gasteiger partial charge in [0, 0.05) is 61.0 Å². The molecule has 0 amide bonds. The van der Waals surface area contributed by atoms with Crippen molar-refractivity contribution >= 4 is 64.3 Å². The molecule has 4 nitrogen and oxygen atoms in total. The van der Waals surface area contributed by atoms with E-state index >= 15 is 8.78 Å². The van der Waals surface area contributed by atoms with Gasteiger partial charge in [0.25, 0.3) is 0 Å². The molecule has 0 saturated carbocycles. The molecule has 4 heterocycles. The van der Waals surface area contributed by atoms with E-state index in [2.05, 4.69) is 20.0 Å². The lowest BCUT2D eigenvalue weighted by atomic mass is 9.28. The number of rotatable bonds is 8. The standard InChI is InChI=1S/C24H14B5F2N4S2/c25-27-8-11-1-2-18(36-11)14-6-16(30)12(21-23(14)34-9-32-21)5-13-17(31)7-15(24-22(13)33-10-35-24)19-3-4-20(37-19)28-29-26/h1-4,6-7H,5,8-10H2. The quantitative estimate of drug-likeness (QED) is 0.312. The summed E-state index contributed by atoms with van der Waals surface area (Å²) >= 11 is 3.03. The Hall–Kier alpha value is -2.78. The van der Waals surface area contributed by atoms with Crippen LogP contribution in [-0.2, 0) is 12.7 Å². The van der Waals surface area contributed by atoms with Gasteiger partial charge in [0.15, 0.2) is 0 Å². The third-order valence-corrected chi connectivity index (χ3v) is 8.54. The van der Waals surface area contributed by atoms with Gasteiger partial charge in [0.2, 0.25) is 0 Å². The van der Waals surface area contributed by atoms with Crippen molar-refractivity contribution in [2.45, 2.75) is 12.7 Å². The summed E-state index contributed by atoms with van der Waals surface area (Å²) in [7, 11) is 15.9. The molecule has 0 unspecified atom stereocenters. The van der Waals surface area contributed by atoms with Gasteiger partial charge in [-0.2, -0.15) is 11.3 Å². The van der Waals surface area contributed by atoms with Crippen LogP contribution in [0.3, 0.4) is 0 Å². The third-order valence-electron chi connectivity index (χ3n) is 6.32. The first-order valence-corrected chi connectivity index (χ1v) is 13.2. The summed E-state index contributed by atoms with van der Waals surface area (Å²) in [6, 6.07) is 10.7. The van der Waals surface area contributed by atoms with Gasteiger partial charge in [-0.3, -0.25) is 20.0 Å². The van der Waals surface area contributed by atoms with Gasteiger partial charge in [-0.15, -0.1) is 11.3 Å². The van der Waals surface area contributed by atoms with E-state index in [1.807, 2.05) is 24.3 Å².